The van der Waals surface area contributed by atoms with Crippen LogP contribution in [0.3, 0.4) is 0 Å². The summed E-state index contributed by atoms with van der Waals surface area (Å²) in [7, 11) is 1.68. The number of methoxy groups -OCH3 is 1. The molecule has 0 radical (unpaired) electrons. The number of ether oxygens (including phenoxy) is 2. The first-order valence-corrected chi connectivity index (χ1v) is 9.11. The Kier molecular flexibility index (Phi) is 4.80. The molecule has 2 aliphatic heterocycles. The standard InChI is InChI=1S/C21H24N2O3/c1-25-18-7-6-15-8-10-23(11-9-16(15)12-18)21(24)22-20-14-26-13-17-4-2-3-5-19(17)20/h2-7,12,20H,8-11,13-14H2,1H3,(H,22,24). The highest BCUT2D eigenvalue weighted by molar-refractivity contribution is 5.75. The molecule has 26 heavy (non-hydrogen) atoms. The summed E-state index contributed by atoms with van der Waals surface area (Å²) >= 11 is 0. The van der Waals surface area contributed by atoms with Crippen molar-refractivity contribution in [2.75, 3.05) is 26.8 Å². The monoisotopic (exact) mass is 352 g/mol. The number of nitrogens with zero attached hydrogens (tertiary/aromatic N) is 1. The summed E-state index contributed by atoms with van der Waals surface area (Å²) in [6.07, 6.45) is 1.71. The molecule has 0 bridgehead atoms. The van der Waals surface area contributed by atoms with Crippen molar-refractivity contribution >= 4 is 6.03 Å². The molecule has 2 aromatic carbocycles. The Balaban J connectivity index is 1.44. The summed E-state index contributed by atoms with van der Waals surface area (Å²) < 4.78 is 11.0. The maximum atomic E-state index is 12.8. The van der Waals surface area contributed by atoms with E-state index in [-0.39, 0.29) is 12.1 Å². The van der Waals surface area contributed by atoms with E-state index in [2.05, 4.69) is 29.6 Å². The molecule has 4 rings (SSSR count). The molecule has 5 heteroatoms. The fourth-order valence-corrected chi connectivity index (χ4v) is 3.77. The van der Waals surface area contributed by atoms with Crippen molar-refractivity contribution in [2.24, 2.45) is 0 Å². The second kappa shape index (κ2) is 7.38. The van der Waals surface area contributed by atoms with Gasteiger partial charge in [0.25, 0.3) is 0 Å². The molecule has 0 aliphatic carbocycles. The predicted octanol–water partition coefficient (Wildman–Crippen LogP) is 3.08. The summed E-state index contributed by atoms with van der Waals surface area (Å²) in [5, 5.41) is 3.16. The quantitative estimate of drug-likeness (QED) is 0.904. The van der Waals surface area contributed by atoms with Gasteiger partial charge in [0, 0.05) is 13.1 Å². The van der Waals surface area contributed by atoms with Crippen LogP contribution < -0.4 is 10.1 Å². The average Bonchev–Trinajstić information content (AvgIpc) is 2.90. The first kappa shape index (κ1) is 16.9. The molecule has 1 unspecified atom stereocenters. The minimum atomic E-state index is -0.0850. The molecule has 136 valence electrons. The van der Waals surface area contributed by atoms with Gasteiger partial charge in [-0.2, -0.15) is 0 Å². The normalized spacial score (nSPS) is 19.1. The molecule has 0 aromatic heterocycles. The zero-order valence-corrected chi connectivity index (χ0v) is 15.0. The molecule has 2 aliphatic rings. The third kappa shape index (κ3) is 3.40. The van der Waals surface area contributed by atoms with E-state index in [1.807, 2.05) is 23.1 Å². The number of urea groups is 1. The van der Waals surface area contributed by atoms with Crippen molar-refractivity contribution in [2.45, 2.75) is 25.5 Å². The highest BCUT2D eigenvalue weighted by Crippen LogP contribution is 2.25. The molecular formula is C21H24N2O3. The predicted molar refractivity (Wildman–Crippen MR) is 99.3 cm³/mol. The number of carbonyl (C=O) groups excluding carboxylic acids is 1. The average molecular weight is 352 g/mol. The first-order valence-electron chi connectivity index (χ1n) is 9.11. The van der Waals surface area contributed by atoms with E-state index >= 15 is 0 Å². The van der Waals surface area contributed by atoms with Gasteiger partial charge < -0.3 is 19.7 Å². The van der Waals surface area contributed by atoms with Crippen molar-refractivity contribution in [3.8, 4) is 5.75 Å². The second-order valence-corrected chi connectivity index (χ2v) is 6.84. The van der Waals surface area contributed by atoms with Crippen LogP contribution in [0.25, 0.3) is 0 Å². The largest absolute Gasteiger partial charge is 0.497 e. The van der Waals surface area contributed by atoms with Gasteiger partial charge in [0.2, 0.25) is 0 Å². The number of nitrogens with one attached hydrogen (secondary N) is 1. The van der Waals surface area contributed by atoms with Crippen LogP contribution in [0.5, 0.6) is 5.75 Å². The van der Waals surface area contributed by atoms with Gasteiger partial charge in [0.15, 0.2) is 0 Å². The number of carbonyl (C=O) groups is 1. The lowest BCUT2D eigenvalue weighted by molar-refractivity contribution is 0.0820. The Morgan fingerprint density at radius 1 is 1.12 bits per heavy atom. The van der Waals surface area contributed by atoms with Crippen molar-refractivity contribution in [3.05, 3.63) is 64.7 Å². The van der Waals surface area contributed by atoms with E-state index in [1.165, 1.54) is 11.1 Å². The molecule has 0 saturated carbocycles. The lowest BCUT2D eigenvalue weighted by atomic mass is 9.99. The van der Waals surface area contributed by atoms with Gasteiger partial charge in [-0.15, -0.1) is 0 Å². The van der Waals surface area contributed by atoms with Crippen LogP contribution in [0.4, 0.5) is 4.79 Å². The van der Waals surface area contributed by atoms with Gasteiger partial charge in [-0.05, 0) is 47.2 Å². The van der Waals surface area contributed by atoms with E-state index in [0.29, 0.717) is 19.8 Å². The SMILES string of the molecule is COc1ccc2c(c1)CCN(C(=O)NC1COCc3ccccc31)CC2. The first-order chi connectivity index (χ1) is 12.7. The highest BCUT2D eigenvalue weighted by Gasteiger charge is 2.25. The van der Waals surface area contributed by atoms with Gasteiger partial charge >= 0.3 is 6.03 Å². The van der Waals surface area contributed by atoms with Crippen LogP contribution in [0.2, 0.25) is 0 Å². The maximum Gasteiger partial charge on any atom is 0.317 e. The Morgan fingerprint density at radius 3 is 2.77 bits per heavy atom. The molecule has 2 heterocycles. The van der Waals surface area contributed by atoms with E-state index in [4.69, 9.17) is 9.47 Å². The number of hydrogen-bond donors (Lipinski definition) is 1. The number of rotatable bonds is 2. The molecule has 0 saturated heterocycles. The van der Waals surface area contributed by atoms with Crippen LogP contribution in [-0.2, 0) is 24.2 Å². The summed E-state index contributed by atoms with van der Waals surface area (Å²) in [5.41, 5.74) is 4.88. The van der Waals surface area contributed by atoms with Gasteiger partial charge in [-0.1, -0.05) is 30.3 Å². The maximum absolute atomic E-state index is 12.8. The van der Waals surface area contributed by atoms with Gasteiger partial charge in [0.1, 0.15) is 5.75 Å². The number of fused-ring (bicyclic) bond motifs is 2. The lowest BCUT2D eigenvalue weighted by Gasteiger charge is -2.29. The summed E-state index contributed by atoms with van der Waals surface area (Å²) in [4.78, 5) is 14.7. The van der Waals surface area contributed by atoms with E-state index in [0.717, 1.165) is 36.3 Å². The Hall–Kier alpha value is -2.53. The fourth-order valence-electron chi connectivity index (χ4n) is 3.77. The van der Waals surface area contributed by atoms with Crippen LogP contribution in [0.1, 0.15) is 28.3 Å². The lowest BCUT2D eigenvalue weighted by Crippen LogP contribution is -2.44. The third-order valence-electron chi connectivity index (χ3n) is 5.27. The van der Waals surface area contributed by atoms with E-state index < -0.39 is 0 Å². The van der Waals surface area contributed by atoms with Crippen molar-refractivity contribution < 1.29 is 14.3 Å². The molecule has 0 fully saturated rings. The molecule has 2 amide bonds. The van der Waals surface area contributed by atoms with E-state index in [9.17, 15) is 4.79 Å². The summed E-state index contributed by atoms with van der Waals surface area (Å²) in [6, 6.07) is 14.2. The number of hydrogen-bond acceptors (Lipinski definition) is 3. The minimum absolute atomic E-state index is 0.0184. The molecule has 1 atom stereocenters. The third-order valence-corrected chi connectivity index (χ3v) is 5.27. The molecule has 0 spiro atoms. The van der Waals surface area contributed by atoms with E-state index in [1.54, 1.807) is 7.11 Å². The Labute approximate surface area is 153 Å². The van der Waals surface area contributed by atoms with Crippen molar-refractivity contribution in [1.29, 1.82) is 0 Å². The van der Waals surface area contributed by atoms with Crippen molar-refractivity contribution in [1.82, 2.24) is 10.2 Å². The zero-order chi connectivity index (χ0) is 17.9. The van der Waals surface area contributed by atoms with Crippen LogP contribution in [-0.4, -0.2) is 37.7 Å². The smallest absolute Gasteiger partial charge is 0.317 e. The summed E-state index contributed by atoms with van der Waals surface area (Å²) in [5.74, 6) is 0.873. The van der Waals surface area contributed by atoms with Gasteiger partial charge in [-0.25, -0.2) is 4.79 Å². The van der Waals surface area contributed by atoms with Crippen LogP contribution in [0.15, 0.2) is 42.5 Å². The highest BCUT2D eigenvalue weighted by atomic mass is 16.5. The van der Waals surface area contributed by atoms with Crippen LogP contribution in [0, 0.1) is 0 Å². The van der Waals surface area contributed by atoms with Gasteiger partial charge in [-0.3, -0.25) is 0 Å². The molecule has 1 N–H and O–H groups in total. The summed E-state index contributed by atoms with van der Waals surface area (Å²) in [6.45, 7) is 2.57. The molecule has 2 aromatic rings. The topological polar surface area (TPSA) is 50.8 Å². The Bertz CT molecular complexity index is 806. The number of amides is 2. The van der Waals surface area contributed by atoms with Crippen molar-refractivity contribution in [3.63, 3.8) is 0 Å². The van der Waals surface area contributed by atoms with Gasteiger partial charge in [0.05, 0.1) is 26.4 Å². The fraction of sp³-hybridized carbons (Fsp3) is 0.381. The number of benzene rings is 2. The molecule has 5 nitrogen and oxygen atoms in total. The zero-order valence-electron chi connectivity index (χ0n) is 15.0. The molecular weight excluding hydrogens is 328 g/mol. The van der Waals surface area contributed by atoms with Crippen LogP contribution >= 0.6 is 0 Å². The second-order valence-electron chi connectivity index (χ2n) is 6.84. The Morgan fingerprint density at radius 2 is 1.92 bits per heavy atom. The minimum Gasteiger partial charge on any atom is -0.497 e.